The van der Waals surface area contributed by atoms with E-state index in [9.17, 15) is 9.59 Å². The summed E-state index contributed by atoms with van der Waals surface area (Å²) in [4.78, 5) is 22.5. The minimum absolute atomic E-state index is 0.129. The molecule has 0 spiro atoms. The van der Waals surface area contributed by atoms with Crippen molar-refractivity contribution in [1.29, 1.82) is 0 Å². The van der Waals surface area contributed by atoms with Crippen LogP contribution in [-0.2, 0) is 17.8 Å². The molecular formula is C12H11N3O4. The molecule has 0 atom stereocenters. The minimum atomic E-state index is -1.06. The van der Waals surface area contributed by atoms with E-state index in [1.165, 1.54) is 18.5 Å². The van der Waals surface area contributed by atoms with Crippen LogP contribution in [0, 0.1) is 0 Å². The second-order valence-electron chi connectivity index (χ2n) is 3.73. The summed E-state index contributed by atoms with van der Waals surface area (Å²) >= 11 is 0. The fourth-order valence-corrected chi connectivity index (χ4v) is 1.51. The molecule has 0 fully saturated rings. The highest BCUT2D eigenvalue weighted by atomic mass is 16.4. The van der Waals surface area contributed by atoms with Crippen molar-refractivity contribution < 1.29 is 19.1 Å². The summed E-state index contributed by atoms with van der Waals surface area (Å²) < 4.78 is 4.98. The molecule has 0 saturated heterocycles. The lowest BCUT2D eigenvalue weighted by Gasteiger charge is -2.03. The Balaban J connectivity index is 2.00. The van der Waals surface area contributed by atoms with Crippen LogP contribution in [-0.4, -0.2) is 27.2 Å². The molecule has 2 aromatic rings. The second-order valence-corrected chi connectivity index (χ2v) is 3.73. The number of carboxylic acids is 1. The number of hydrogen-bond donors (Lipinski definition) is 2. The molecule has 0 saturated carbocycles. The first kappa shape index (κ1) is 12.7. The predicted octanol–water partition coefficient (Wildman–Crippen LogP) is 0.627. The van der Waals surface area contributed by atoms with Gasteiger partial charge < -0.3 is 14.8 Å². The smallest absolute Gasteiger partial charge is 0.311 e. The van der Waals surface area contributed by atoms with Crippen molar-refractivity contribution in [3.8, 4) is 0 Å². The van der Waals surface area contributed by atoms with Gasteiger partial charge in [-0.3, -0.25) is 9.59 Å². The number of furan rings is 1. The number of amides is 1. The van der Waals surface area contributed by atoms with Crippen LogP contribution < -0.4 is 5.32 Å². The number of rotatable bonds is 5. The molecule has 2 N–H and O–H groups in total. The summed E-state index contributed by atoms with van der Waals surface area (Å²) in [7, 11) is 0. The van der Waals surface area contributed by atoms with Gasteiger partial charge in [0.05, 0.1) is 24.1 Å². The van der Waals surface area contributed by atoms with E-state index in [1.54, 1.807) is 12.1 Å². The first-order valence-electron chi connectivity index (χ1n) is 5.50. The van der Waals surface area contributed by atoms with Crippen LogP contribution in [0.5, 0.6) is 0 Å². The molecular weight excluding hydrogens is 250 g/mol. The van der Waals surface area contributed by atoms with Crippen molar-refractivity contribution in [3.63, 3.8) is 0 Å². The Morgan fingerprint density at radius 2 is 2.21 bits per heavy atom. The van der Waals surface area contributed by atoms with Crippen molar-refractivity contribution in [2.45, 2.75) is 13.0 Å². The lowest BCUT2D eigenvalue weighted by molar-refractivity contribution is -0.136. The maximum absolute atomic E-state index is 11.9. The van der Waals surface area contributed by atoms with Crippen molar-refractivity contribution in [1.82, 2.24) is 15.5 Å². The maximum atomic E-state index is 11.9. The predicted molar refractivity (Wildman–Crippen MR) is 63.3 cm³/mol. The van der Waals surface area contributed by atoms with Crippen molar-refractivity contribution >= 4 is 11.9 Å². The molecule has 2 heterocycles. The summed E-state index contributed by atoms with van der Waals surface area (Å²) in [5.41, 5.74) is 0.824. The third kappa shape index (κ3) is 3.38. The van der Waals surface area contributed by atoms with Crippen LogP contribution in [0.25, 0.3) is 0 Å². The lowest BCUT2D eigenvalue weighted by Crippen LogP contribution is -2.24. The molecule has 7 nitrogen and oxygen atoms in total. The van der Waals surface area contributed by atoms with Crippen LogP contribution in [0.1, 0.15) is 21.8 Å². The van der Waals surface area contributed by atoms with E-state index in [1.807, 2.05) is 0 Å². The number of nitrogens with one attached hydrogen (secondary N) is 1. The SMILES string of the molecule is O=C(O)Cc1occc1C(=O)NCc1cccnn1. The van der Waals surface area contributed by atoms with E-state index in [0.717, 1.165) is 0 Å². The molecule has 19 heavy (non-hydrogen) atoms. The highest BCUT2D eigenvalue weighted by Gasteiger charge is 2.16. The Morgan fingerprint density at radius 1 is 1.37 bits per heavy atom. The number of hydrogen-bond acceptors (Lipinski definition) is 5. The largest absolute Gasteiger partial charge is 0.481 e. The monoisotopic (exact) mass is 261 g/mol. The maximum Gasteiger partial charge on any atom is 0.311 e. The number of aliphatic carboxylic acids is 1. The minimum Gasteiger partial charge on any atom is -0.481 e. The fourth-order valence-electron chi connectivity index (χ4n) is 1.51. The van der Waals surface area contributed by atoms with Crippen LogP contribution in [0.3, 0.4) is 0 Å². The normalized spacial score (nSPS) is 10.1. The van der Waals surface area contributed by atoms with Gasteiger partial charge in [-0.25, -0.2) is 0 Å². The number of carbonyl (C=O) groups excluding carboxylic acids is 1. The quantitative estimate of drug-likeness (QED) is 0.817. The zero-order valence-corrected chi connectivity index (χ0v) is 9.87. The molecule has 0 aliphatic rings. The summed E-state index contributed by atoms with van der Waals surface area (Å²) in [6, 6.07) is 4.87. The molecule has 0 unspecified atom stereocenters. The zero-order chi connectivity index (χ0) is 13.7. The molecule has 0 aliphatic heterocycles. The van der Waals surface area contributed by atoms with Crippen molar-refractivity contribution in [2.75, 3.05) is 0 Å². The van der Waals surface area contributed by atoms with E-state index in [4.69, 9.17) is 9.52 Å². The van der Waals surface area contributed by atoms with Gasteiger partial charge in [0, 0.05) is 6.20 Å². The summed E-state index contributed by atoms with van der Waals surface area (Å²) in [5, 5.41) is 18.8. The third-order valence-electron chi connectivity index (χ3n) is 2.36. The van der Waals surface area contributed by atoms with Gasteiger partial charge >= 0.3 is 5.97 Å². The van der Waals surface area contributed by atoms with Crippen LogP contribution in [0.2, 0.25) is 0 Å². The average Bonchev–Trinajstić information content (AvgIpc) is 2.84. The first-order valence-corrected chi connectivity index (χ1v) is 5.50. The molecule has 1 amide bonds. The van der Waals surface area contributed by atoms with E-state index < -0.39 is 11.9 Å². The highest BCUT2D eigenvalue weighted by molar-refractivity contribution is 5.95. The Morgan fingerprint density at radius 3 is 2.89 bits per heavy atom. The fraction of sp³-hybridized carbons (Fsp3) is 0.167. The Bertz CT molecular complexity index is 580. The Kier molecular flexibility index (Phi) is 3.87. The Labute approximate surface area is 108 Å². The highest BCUT2D eigenvalue weighted by Crippen LogP contribution is 2.11. The second kappa shape index (κ2) is 5.76. The number of carbonyl (C=O) groups is 2. The molecule has 2 rings (SSSR count). The molecule has 7 heteroatoms. The molecule has 2 aromatic heterocycles. The van der Waals surface area contributed by atoms with E-state index in [2.05, 4.69) is 15.5 Å². The van der Waals surface area contributed by atoms with Crippen LogP contribution in [0.4, 0.5) is 0 Å². The van der Waals surface area contributed by atoms with Gasteiger partial charge in [0.2, 0.25) is 0 Å². The lowest BCUT2D eigenvalue weighted by atomic mass is 10.2. The van der Waals surface area contributed by atoms with Gasteiger partial charge in [-0.15, -0.1) is 0 Å². The number of aromatic nitrogens is 2. The standard InChI is InChI=1S/C12H11N3O4/c16-11(17)6-10-9(3-5-19-10)12(18)13-7-8-2-1-4-14-15-8/h1-5H,6-7H2,(H,13,18)(H,16,17). The van der Waals surface area contributed by atoms with Crippen LogP contribution in [0.15, 0.2) is 35.1 Å². The first-order chi connectivity index (χ1) is 9.16. The summed E-state index contributed by atoms with van der Waals surface area (Å²) in [6.45, 7) is 0.213. The molecule has 0 bridgehead atoms. The van der Waals surface area contributed by atoms with Gasteiger partial charge in [-0.2, -0.15) is 10.2 Å². The summed E-state index contributed by atoms with van der Waals surface area (Å²) in [5.74, 6) is -1.34. The van der Waals surface area contributed by atoms with Gasteiger partial charge in [-0.1, -0.05) is 0 Å². The number of carboxylic acid groups (broad SMARTS) is 1. The molecule has 98 valence electrons. The average molecular weight is 261 g/mol. The third-order valence-corrected chi connectivity index (χ3v) is 2.36. The van der Waals surface area contributed by atoms with E-state index in [-0.39, 0.29) is 24.3 Å². The van der Waals surface area contributed by atoms with Crippen LogP contribution >= 0.6 is 0 Å². The summed E-state index contributed by atoms with van der Waals surface area (Å²) in [6.07, 6.45) is 2.49. The molecule has 0 radical (unpaired) electrons. The van der Waals surface area contributed by atoms with Gasteiger partial charge in [0.15, 0.2) is 0 Å². The topological polar surface area (TPSA) is 105 Å². The zero-order valence-electron chi connectivity index (χ0n) is 9.87. The Hall–Kier alpha value is -2.70. The van der Waals surface area contributed by atoms with Gasteiger partial charge in [0.1, 0.15) is 12.2 Å². The number of nitrogens with zero attached hydrogens (tertiary/aromatic N) is 2. The molecule has 0 aliphatic carbocycles. The van der Waals surface area contributed by atoms with Crippen molar-refractivity contribution in [2.24, 2.45) is 0 Å². The van der Waals surface area contributed by atoms with Gasteiger partial charge in [0.25, 0.3) is 5.91 Å². The van der Waals surface area contributed by atoms with Crippen molar-refractivity contribution in [3.05, 3.63) is 47.7 Å². The van der Waals surface area contributed by atoms with E-state index >= 15 is 0 Å². The molecule has 0 aromatic carbocycles. The van der Waals surface area contributed by atoms with Gasteiger partial charge in [-0.05, 0) is 18.2 Å². The van der Waals surface area contributed by atoms with E-state index in [0.29, 0.717) is 5.69 Å².